The van der Waals surface area contributed by atoms with Gasteiger partial charge in [0.2, 0.25) is 0 Å². The molecule has 1 aliphatic heterocycles. The Kier molecular flexibility index (Phi) is 4.22. The molecule has 2 aliphatic rings. The minimum atomic E-state index is 0.418. The quantitative estimate of drug-likeness (QED) is 0.786. The topological polar surface area (TPSA) is 24.5 Å². The number of hydrogen-bond acceptors (Lipinski definition) is 3. The van der Waals surface area contributed by atoms with E-state index in [4.69, 9.17) is 4.74 Å². The predicted octanol–water partition coefficient (Wildman–Crippen LogP) is 1.49. The third-order valence-corrected chi connectivity index (χ3v) is 4.10. The van der Waals surface area contributed by atoms with E-state index in [0.29, 0.717) is 11.5 Å². The second-order valence-electron chi connectivity index (χ2n) is 5.65. The molecule has 0 amide bonds. The molecule has 0 radical (unpaired) electrons. The molecule has 0 aromatic carbocycles. The molecule has 3 nitrogen and oxygen atoms in total. The van der Waals surface area contributed by atoms with E-state index in [2.05, 4.69) is 24.2 Å². The Balaban J connectivity index is 1.89. The fraction of sp³-hybridized carbons (Fsp3) is 1.00. The Morgan fingerprint density at radius 3 is 2.75 bits per heavy atom. The van der Waals surface area contributed by atoms with Crippen LogP contribution in [-0.2, 0) is 4.74 Å². The summed E-state index contributed by atoms with van der Waals surface area (Å²) in [6.45, 7) is 7.78. The van der Waals surface area contributed by atoms with Crippen molar-refractivity contribution in [2.45, 2.75) is 38.7 Å². The van der Waals surface area contributed by atoms with Crippen LogP contribution in [0, 0.1) is 5.41 Å². The average molecular weight is 226 g/mol. The van der Waals surface area contributed by atoms with E-state index in [1.807, 2.05) is 0 Å². The van der Waals surface area contributed by atoms with Crippen LogP contribution >= 0.6 is 0 Å². The van der Waals surface area contributed by atoms with Gasteiger partial charge >= 0.3 is 0 Å². The molecule has 1 heterocycles. The Morgan fingerprint density at radius 1 is 1.38 bits per heavy atom. The van der Waals surface area contributed by atoms with E-state index < -0.39 is 0 Å². The van der Waals surface area contributed by atoms with Crippen molar-refractivity contribution in [2.24, 2.45) is 5.41 Å². The van der Waals surface area contributed by atoms with Crippen molar-refractivity contribution in [1.29, 1.82) is 0 Å². The van der Waals surface area contributed by atoms with Crippen LogP contribution in [0.2, 0.25) is 0 Å². The van der Waals surface area contributed by atoms with Gasteiger partial charge < -0.3 is 10.1 Å². The summed E-state index contributed by atoms with van der Waals surface area (Å²) < 4.78 is 5.61. The molecule has 16 heavy (non-hydrogen) atoms. The van der Waals surface area contributed by atoms with Crippen molar-refractivity contribution < 1.29 is 4.74 Å². The van der Waals surface area contributed by atoms with Gasteiger partial charge in [-0.1, -0.05) is 12.8 Å². The summed E-state index contributed by atoms with van der Waals surface area (Å²) in [5, 5.41) is 3.39. The first kappa shape index (κ1) is 12.3. The Labute approximate surface area is 99.5 Å². The van der Waals surface area contributed by atoms with E-state index in [0.717, 1.165) is 19.7 Å². The Bertz CT molecular complexity index is 214. The van der Waals surface area contributed by atoms with E-state index in [-0.39, 0.29) is 0 Å². The summed E-state index contributed by atoms with van der Waals surface area (Å²) in [5.41, 5.74) is 0.547. The SMILES string of the molecule is CNCC1(CN2CCOC(C)C2)CCCC1. The molecule has 0 bridgehead atoms. The van der Waals surface area contributed by atoms with Crippen LogP contribution in [0.5, 0.6) is 0 Å². The number of nitrogens with zero attached hydrogens (tertiary/aromatic N) is 1. The highest BCUT2D eigenvalue weighted by Crippen LogP contribution is 2.38. The van der Waals surface area contributed by atoms with Crippen molar-refractivity contribution in [3.8, 4) is 0 Å². The summed E-state index contributed by atoms with van der Waals surface area (Å²) >= 11 is 0. The number of rotatable bonds is 4. The highest BCUT2D eigenvalue weighted by Gasteiger charge is 2.35. The molecule has 1 atom stereocenters. The highest BCUT2D eigenvalue weighted by molar-refractivity contribution is 4.90. The normalized spacial score (nSPS) is 30.8. The molecule has 1 saturated heterocycles. The maximum atomic E-state index is 5.61. The van der Waals surface area contributed by atoms with Crippen LogP contribution in [-0.4, -0.2) is 50.8 Å². The molecule has 1 N–H and O–H groups in total. The first-order valence-electron chi connectivity index (χ1n) is 6.73. The van der Waals surface area contributed by atoms with Gasteiger partial charge in [-0.25, -0.2) is 0 Å². The fourth-order valence-electron chi connectivity index (χ4n) is 3.40. The number of ether oxygens (including phenoxy) is 1. The standard InChI is InChI=1S/C13H26N2O/c1-12-9-15(7-8-16-12)11-13(10-14-2)5-3-4-6-13/h12,14H,3-11H2,1-2H3. The van der Waals surface area contributed by atoms with Crippen LogP contribution in [0.15, 0.2) is 0 Å². The molecule has 94 valence electrons. The lowest BCUT2D eigenvalue weighted by Gasteiger charge is -2.39. The van der Waals surface area contributed by atoms with Gasteiger partial charge in [0.15, 0.2) is 0 Å². The summed E-state index contributed by atoms with van der Waals surface area (Å²) in [6.07, 6.45) is 6.06. The van der Waals surface area contributed by atoms with Crippen LogP contribution in [0.25, 0.3) is 0 Å². The average Bonchev–Trinajstić information content (AvgIpc) is 2.67. The van der Waals surface area contributed by atoms with Gasteiger partial charge in [-0.2, -0.15) is 0 Å². The van der Waals surface area contributed by atoms with Crippen molar-refractivity contribution in [3.63, 3.8) is 0 Å². The van der Waals surface area contributed by atoms with Crippen molar-refractivity contribution >= 4 is 0 Å². The van der Waals surface area contributed by atoms with Gasteiger partial charge in [-0.05, 0) is 32.2 Å². The van der Waals surface area contributed by atoms with Crippen molar-refractivity contribution in [2.75, 3.05) is 39.8 Å². The van der Waals surface area contributed by atoms with E-state index in [1.165, 1.54) is 38.8 Å². The van der Waals surface area contributed by atoms with Crippen LogP contribution in [0.3, 0.4) is 0 Å². The first-order valence-corrected chi connectivity index (χ1v) is 6.73. The molecule has 0 spiro atoms. The lowest BCUT2D eigenvalue weighted by Crippen LogP contribution is -2.48. The highest BCUT2D eigenvalue weighted by atomic mass is 16.5. The summed E-state index contributed by atoms with van der Waals surface area (Å²) in [4.78, 5) is 2.61. The zero-order chi connectivity index (χ0) is 11.4. The van der Waals surface area contributed by atoms with Crippen LogP contribution in [0.1, 0.15) is 32.6 Å². The van der Waals surface area contributed by atoms with Gasteiger partial charge in [0, 0.05) is 26.2 Å². The van der Waals surface area contributed by atoms with Gasteiger partial charge in [0.05, 0.1) is 12.7 Å². The molecule has 1 unspecified atom stereocenters. The molecule has 1 saturated carbocycles. The molecule has 1 aliphatic carbocycles. The molecular formula is C13H26N2O. The molecular weight excluding hydrogens is 200 g/mol. The number of nitrogens with one attached hydrogen (secondary N) is 1. The molecule has 0 aromatic rings. The molecule has 0 aromatic heterocycles. The smallest absolute Gasteiger partial charge is 0.0674 e. The minimum absolute atomic E-state index is 0.418. The van der Waals surface area contributed by atoms with E-state index in [9.17, 15) is 0 Å². The Morgan fingerprint density at radius 2 is 2.12 bits per heavy atom. The van der Waals surface area contributed by atoms with E-state index >= 15 is 0 Å². The zero-order valence-electron chi connectivity index (χ0n) is 10.8. The Hall–Kier alpha value is -0.120. The summed E-state index contributed by atoms with van der Waals surface area (Å²) in [7, 11) is 2.09. The lowest BCUT2D eigenvalue weighted by atomic mass is 9.85. The second-order valence-corrected chi connectivity index (χ2v) is 5.65. The fourth-order valence-corrected chi connectivity index (χ4v) is 3.40. The maximum Gasteiger partial charge on any atom is 0.0674 e. The maximum absolute atomic E-state index is 5.61. The number of hydrogen-bond donors (Lipinski definition) is 1. The second kappa shape index (κ2) is 5.48. The number of morpholine rings is 1. The third kappa shape index (κ3) is 2.96. The predicted molar refractivity (Wildman–Crippen MR) is 66.7 cm³/mol. The van der Waals surface area contributed by atoms with Crippen molar-refractivity contribution in [1.82, 2.24) is 10.2 Å². The van der Waals surface area contributed by atoms with Gasteiger partial charge in [0.1, 0.15) is 0 Å². The molecule has 3 heteroatoms. The molecule has 2 fully saturated rings. The van der Waals surface area contributed by atoms with Gasteiger partial charge in [-0.15, -0.1) is 0 Å². The van der Waals surface area contributed by atoms with E-state index in [1.54, 1.807) is 0 Å². The third-order valence-electron chi connectivity index (χ3n) is 4.10. The first-order chi connectivity index (χ1) is 7.74. The van der Waals surface area contributed by atoms with Gasteiger partial charge in [-0.3, -0.25) is 4.90 Å². The minimum Gasteiger partial charge on any atom is -0.376 e. The summed E-state index contributed by atoms with van der Waals surface area (Å²) in [5.74, 6) is 0. The van der Waals surface area contributed by atoms with Crippen LogP contribution < -0.4 is 5.32 Å². The van der Waals surface area contributed by atoms with Gasteiger partial charge in [0.25, 0.3) is 0 Å². The largest absolute Gasteiger partial charge is 0.376 e. The molecule has 2 rings (SSSR count). The summed E-state index contributed by atoms with van der Waals surface area (Å²) in [6, 6.07) is 0. The lowest BCUT2D eigenvalue weighted by molar-refractivity contribution is -0.0317. The van der Waals surface area contributed by atoms with Crippen molar-refractivity contribution in [3.05, 3.63) is 0 Å². The monoisotopic (exact) mass is 226 g/mol. The zero-order valence-corrected chi connectivity index (χ0v) is 10.8. The van der Waals surface area contributed by atoms with Crippen LogP contribution in [0.4, 0.5) is 0 Å².